The highest BCUT2D eigenvalue weighted by Crippen LogP contribution is 2.35. The molecule has 0 spiro atoms. The van der Waals surface area contributed by atoms with E-state index in [1.54, 1.807) is 0 Å². The van der Waals surface area contributed by atoms with Gasteiger partial charge in [-0.1, -0.05) is 35.9 Å². The van der Waals surface area contributed by atoms with Gasteiger partial charge in [-0.2, -0.15) is 0 Å². The molecule has 0 bridgehead atoms. The summed E-state index contributed by atoms with van der Waals surface area (Å²) in [5.41, 5.74) is 3.36. The third kappa shape index (κ3) is 2.75. The summed E-state index contributed by atoms with van der Waals surface area (Å²) in [7, 11) is 4.00. The highest BCUT2D eigenvalue weighted by atomic mass is 35.5. The third-order valence-corrected chi connectivity index (χ3v) is 2.92. The molecule has 82 valence electrons. The first-order chi connectivity index (χ1) is 6.93. The molecule has 0 aromatic heterocycles. The zero-order chi connectivity index (χ0) is 11.6. The van der Waals surface area contributed by atoms with Gasteiger partial charge in [-0.3, -0.25) is 0 Å². The van der Waals surface area contributed by atoms with E-state index in [9.17, 15) is 0 Å². The van der Waals surface area contributed by atoms with E-state index >= 15 is 0 Å². The molecule has 0 aromatic rings. The number of halogens is 1. The van der Waals surface area contributed by atoms with Gasteiger partial charge in [0.25, 0.3) is 0 Å². The second-order valence-corrected chi connectivity index (χ2v) is 4.61. The summed E-state index contributed by atoms with van der Waals surface area (Å²) < 4.78 is 0. The number of rotatable bonds is 2. The molecule has 2 heteroatoms. The first kappa shape index (κ1) is 12.1. The lowest BCUT2D eigenvalue weighted by Gasteiger charge is -2.23. The summed E-state index contributed by atoms with van der Waals surface area (Å²) in [5.74, 6) is 0.239. The van der Waals surface area contributed by atoms with Crippen LogP contribution in [0.5, 0.6) is 0 Å². The van der Waals surface area contributed by atoms with Crippen LogP contribution in [0.15, 0.2) is 46.7 Å². The van der Waals surface area contributed by atoms with Gasteiger partial charge in [0, 0.05) is 31.2 Å². The Bertz CT molecular complexity index is 359. The Kier molecular flexibility index (Phi) is 3.81. The summed E-state index contributed by atoms with van der Waals surface area (Å²) in [6.07, 6.45) is 6.28. The van der Waals surface area contributed by atoms with Crippen molar-refractivity contribution in [2.24, 2.45) is 5.92 Å². The Morgan fingerprint density at radius 1 is 1.53 bits per heavy atom. The van der Waals surface area contributed by atoms with Crippen LogP contribution in [-0.4, -0.2) is 19.0 Å². The molecule has 1 unspecified atom stereocenters. The van der Waals surface area contributed by atoms with E-state index in [1.807, 2.05) is 32.8 Å². The zero-order valence-corrected chi connectivity index (χ0v) is 10.6. The summed E-state index contributed by atoms with van der Waals surface area (Å²) in [4.78, 5) is 2.01. The van der Waals surface area contributed by atoms with Crippen molar-refractivity contribution >= 4 is 11.6 Å². The second-order valence-electron chi connectivity index (χ2n) is 4.23. The van der Waals surface area contributed by atoms with Crippen molar-refractivity contribution in [2.45, 2.75) is 13.8 Å². The van der Waals surface area contributed by atoms with E-state index in [4.69, 9.17) is 11.6 Å². The van der Waals surface area contributed by atoms with Gasteiger partial charge in [-0.15, -0.1) is 0 Å². The van der Waals surface area contributed by atoms with Crippen molar-refractivity contribution < 1.29 is 0 Å². The number of hydrogen-bond acceptors (Lipinski definition) is 1. The molecule has 1 rings (SSSR count). The minimum absolute atomic E-state index is 0.239. The molecule has 0 N–H and O–H groups in total. The summed E-state index contributed by atoms with van der Waals surface area (Å²) in [6.45, 7) is 8.06. The average Bonchev–Trinajstić information content (AvgIpc) is 2.12. The maximum atomic E-state index is 6.31. The maximum Gasteiger partial charge on any atom is 0.0490 e. The smallest absolute Gasteiger partial charge is 0.0490 e. The molecule has 15 heavy (non-hydrogen) atoms. The Labute approximate surface area is 97.4 Å². The normalized spacial score (nSPS) is 23.5. The Morgan fingerprint density at radius 2 is 2.13 bits per heavy atom. The third-order valence-electron chi connectivity index (χ3n) is 2.40. The minimum Gasteiger partial charge on any atom is -0.383 e. The van der Waals surface area contributed by atoms with Crippen LogP contribution in [0.25, 0.3) is 0 Å². The Balaban J connectivity index is 3.16. The number of nitrogens with zero attached hydrogens (tertiary/aromatic N) is 1. The largest absolute Gasteiger partial charge is 0.383 e. The van der Waals surface area contributed by atoms with Crippen molar-refractivity contribution in [3.05, 3.63) is 46.7 Å². The highest BCUT2D eigenvalue weighted by Gasteiger charge is 2.20. The van der Waals surface area contributed by atoms with Crippen LogP contribution in [0.2, 0.25) is 0 Å². The molecule has 0 saturated heterocycles. The maximum absolute atomic E-state index is 6.31. The van der Waals surface area contributed by atoms with E-state index in [1.165, 1.54) is 0 Å². The molecule has 0 amide bonds. The van der Waals surface area contributed by atoms with Crippen molar-refractivity contribution in [1.82, 2.24) is 4.90 Å². The molecule has 0 aromatic carbocycles. The van der Waals surface area contributed by atoms with E-state index < -0.39 is 0 Å². The predicted molar refractivity (Wildman–Crippen MR) is 67.8 cm³/mol. The van der Waals surface area contributed by atoms with Gasteiger partial charge in [0.2, 0.25) is 0 Å². The molecule has 0 fully saturated rings. The first-order valence-corrected chi connectivity index (χ1v) is 5.39. The molecule has 0 aliphatic heterocycles. The summed E-state index contributed by atoms with van der Waals surface area (Å²) >= 11 is 6.31. The number of hydrogen-bond donors (Lipinski definition) is 0. The van der Waals surface area contributed by atoms with Crippen molar-refractivity contribution in [2.75, 3.05) is 14.1 Å². The topological polar surface area (TPSA) is 3.24 Å². The first-order valence-electron chi connectivity index (χ1n) is 5.02. The Hall–Kier alpha value is -0.950. The molecule has 0 saturated carbocycles. The molecular weight excluding hydrogens is 206 g/mol. The van der Waals surface area contributed by atoms with E-state index in [2.05, 4.69) is 24.9 Å². The van der Waals surface area contributed by atoms with Crippen LogP contribution in [-0.2, 0) is 0 Å². The van der Waals surface area contributed by atoms with Crippen LogP contribution in [0.3, 0.4) is 0 Å². The fourth-order valence-corrected chi connectivity index (χ4v) is 1.86. The fraction of sp³-hybridized carbons (Fsp3) is 0.385. The quantitative estimate of drug-likeness (QED) is 0.646. The lowest BCUT2D eigenvalue weighted by atomic mass is 9.87. The predicted octanol–water partition coefficient (Wildman–Crippen LogP) is 3.71. The van der Waals surface area contributed by atoms with Gasteiger partial charge in [0.1, 0.15) is 0 Å². The van der Waals surface area contributed by atoms with E-state index in [-0.39, 0.29) is 5.92 Å². The summed E-state index contributed by atoms with van der Waals surface area (Å²) in [6, 6.07) is 0. The van der Waals surface area contributed by atoms with Crippen LogP contribution in [0, 0.1) is 5.92 Å². The lowest BCUT2D eigenvalue weighted by molar-refractivity contribution is 0.554. The molecule has 1 nitrogen and oxygen atoms in total. The Morgan fingerprint density at radius 3 is 2.60 bits per heavy atom. The van der Waals surface area contributed by atoms with Crippen LogP contribution in [0.4, 0.5) is 0 Å². The molecule has 0 radical (unpaired) electrons. The lowest BCUT2D eigenvalue weighted by Crippen LogP contribution is -2.12. The van der Waals surface area contributed by atoms with Gasteiger partial charge >= 0.3 is 0 Å². The average molecular weight is 224 g/mol. The van der Waals surface area contributed by atoms with Gasteiger partial charge in [-0.05, 0) is 25.0 Å². The molecule has 1 atom stereocenters. The zero-order valence-electron chi connectivity index (χ0n) is 9.84. The molecule has 0 heterocycles. The van der Waals surface area contributed by atoms with Gasteiger partial charge in [-0.25, -0.2) is 0 Å². The standard InChI is InChI=1S/C13H18ClN/c1-9(2)11-7-6-10(3)13(14)12(11)8-15(4)5/h6-8,11H,1H2,2-5H3/b12-8+. The van der Waals surface area contributed by atoms with Gasteiger partial charge in [0.05, 0.1) is 0 Å². The number of allylic oxidation sites excluding steroid dienone is 6. The molecule has 1 aliphatic rings. The monoisotopic (exact) mass is 223 g/mol. The molecule has 1 aliphatic carbocycles. The van der Waals surface area contributed by atoms with E-state index in [0.29, 0.717) is 0 Å². The van der Waals surface area contributed by atoms with Crippen LogP contribution < -0.4 is 0 Å². The van der Waals surface area contributed by atoms with Crippen LogP contribution in [0.1, 0.15) is 13.8 Å². The van der Waals surface area contributed by atoms with Gasteiger partial charge < -0.3 is 4.90 Å². The van der Waals surface area contributed by atoms with Crippen molar-refractivity contribution in [1.29, 1.82) is 0 Å². The minimum atomic E-state index is 0.239. The second kappa shape index (κ2) is 4.71. The fourth-order valence-electron chi connectivity index (χ4n) is 1.63. The SMILES string of the molecule is C=C(C)C1C=CC(C)=C(Cl)/C1=C/N(C)C. The summed E-state index contributed by atoms with van der Waals surface area (Å²) in [5, 5.41) is 0.846. The van der Waals surface area contributed by atoms with E-state index in [0.717, 1.165) is 21.8 Å². The van der Waals surface area contributed by atoms with Crippen LogP contribution >= 0.6 is 11.6 Å². The van der Waals surface area contributed by atoms with Crippen molar-refractivity contribution in [3.8, 4) is 0 Å². The molecular formula is C13H18ClN. The highest BCUT2D eigenvalue weighted by molar-refractivity contribution is 6.32. The van der Waals surface area contributed by atoms with Gasteiger partial charge in [0.15, 0.2) is 0 Å². The van der Waals surface area contributed by atoms with Crippen molar-refractivity contribution in [3.63, 3.8) is 0 Å².